The van der Waals surface area contributed by atoms with Crippen molar-refractivity contribution in [3.05, 3.63) is 29.3 Å². The highest BCUT2D eigenvalue weighted by Gasteiger charge is 2.27. The lowest BCUT2D eigenvalue weighted by Gasteiger charge is -2.33. The van der Waals surface area contributed by atoms with E-state index in [9.17, 15) is 9.59 Å². The van der Waals surface area contributed by atoms with Crippen molar-refractivity contribution < 1.29 is 9.59 Å². The fourth-order valence-electron chi connectivity index (χ4n) is 3.07. The third-order valence-corrected chi connectivity index (χ3v) is 4.58. The molecule has 0 aliphatic heterocycles. The number of amides is 2. The van der Waals surface area contributed by atoms with Crippen LogP contribution < -0.4 is 10.6 Å². The predicted octanol–water partition coefficient (Wildman–Crippen LogP) is 3.51. The summed E-state index contributed by atoms with van der Waals surface area (Å²) < 4.78 is 0. The van der Waals surface area contributed by atoms with Crippen molar-refractivity contribution in [3.8, 4) is 0 Å². The van der Waals surface area contributed by atoms with Gasteiger partial charge in [-0.2, -0.15) is 0 Å². The Morgan fingerprint density at radius 1 is 1.18 bits per heavy atom. The smallest absolute Gasteiger partial charge is 0.251 e. The molecule has 1 fully saturated rings. The first kappa shape index (κ1) is 16.5. The average molecular weight is 302 g/mol. The fourth-order valence-corrected chi connectivity index (χ4v) is 3.07. The maximum atomic E-state index is 12.5. The van der Waals surface area contributed by atoms with E-state index in [2.05, 4.69) is 24.5 Å². The fraction of sp³-hybridized carbons (Fsp3) is 0.556. The van der Waals surface area contributed by atoms with Crippen molar-refractivity contribution in [1.82, 2.24) is 5.32 Å². The summed E-state index contributed by atoms with van der Waals surface area (Å²) in [5.74, 6) is 0.989. The van der Waals surface area contributed by atoms with Crippen LogP contribution in [-0.4, -0.2) is 17.9 Å². The summed E-state index contributed by atoms with van der Waals surface area (Å²) in [4.78, 5) is 23.7. The monoisotopic (exact) mass is 302 g/mol. The molecular weight excluding hydrogens is 276 g/mol. The highest BCUT2D eigenvalue weighted by Crippen LogP contribution is 2.28. The van der Waals surface area contributed by atoms with Crippen LogP contribution in [0.15, 0.2) is 18.2 Å². The SMILES string of the molecule is CC(=O)Nc1cc(C(=O)N[C@@H]2C[C@@H](C)CC[C@@H]2C)ccc1C. The van der Waals surface area contributed by atoms with E-state index in [1.165, 1.54) is 13.3 Å². The Morgan fingerprint density at radius 2 is 1.91 bits per heavy atom. The molecule has 4 heteroatoms. The van der Waals surface area contributed by atoms with Gasteiger partial charge in [-0.25, -0.2) is 0 Å². The maximum absolute atomic E-state index is 12.5. The van der Waals surface area contributed by atoms with E-state index in [1.54, 1.807) is 6.07 Å². The Morgan fingerprint density at radius 3 is 2.59 bits per heavy atom. The van der Waals surface area contributed by atoms with E-state index in [0.29, 0.717) is 23.1 Å². The van der Waals surface area contributed by atoms with Gasteiger partial charge in [-0.3, -0.25) is 9.59 Å². The number of hydrogen-bond donors (Lipinski definition) is 2. The van der Waals surface area contributed by atoms with Crippen LogP contribution in [0, 0.1) is 18.8 Å². The summed E-state index contributed by atoms with van der Waals surface area (Å²) in [6.45, 7) is 7.83. The molecule has 2 amide bonds. The van der Waals surface area contributed by atoms with Crippen molar-refractivity contribution in [2.24, 2.45) is 11.8 Å². The van der Waals surface area contributed by atoms with Crippen molar-refractivity contribution in [1.29, 1.82) is 0 Å². The number of carbonyl (C=O) groups is 2. The van der Waals surface area contributed by atoms with Crippen LogP contribution in [-0.2, 0) is 4.79 Å². The molecule has 0 spiro atoms. The molecule has 0 bridgehead atoms. The van der Waals surface area contributed by atoms with E-state index in [-0.39, 0.29) is 17.9 Å². The van der Waals surface area contributed by atoms with Crippen LogP contribution in [0.25, 0.3) is 0 Å². The van der Waals surface area contributed by atoms with Gasteiger partial charge in [0.05, 0.1) is 0 Å². The number of hydrogen-bond acceptors (Lipinski definition) is 2. The molecule has 0 radical (unpaired) electrons. The zero-order valence-electron chi connectivity index (χ0n) is 13.9. The van der Waals surface area contributed by atoms with Crippen LogP contribution in [0.4, 0.5) is 5.69 Å². The van der Waals surface area contributed by atoms with Gasteiger partial charge in [0.25, 0.3) is 5.91 Å². The number of carbonyl (C=O) groups excluding carboxylic acids is 2. The van der Waals surface area contributed by atoms with Gasteiger partial charge in [-0.1, -0.05) is 26.3 Å². The van der Waals surface area contributed by atoms with Crippen LogP contribution >= 0.6 is 0 Å². The molecule has 0 heterocycles. The largest absolute Gasteiger partial charge is 0.349 e. The van der Waals surface area contributed by atoms with Crippen LogP contribution in [0.3, 0.4) is 0 Å². The van der Waals surface area contributed by atoms with Crippen LogP contribution in [0.2, 0.25) is 0 Å². The summed E-state index contributed by atoms with van der Waals surface area (Å²) >= 11 is 0. The van der Waals surface area contributed by atoms with Gasteiger partial charge in [-0.15, -0.1) is 0 Å². The molecule has 1 aliphatic carbocycles. The van der Waals surface area contributed by atoms with Gasteiger partial charge in [0.15, 0.2) is 0 Å². The minimum absolute atomic E-state index is 0.0578. The highest BCUT2D eigenvalue weighted by molar-refractivity contribution is 5.97. The molecule has 0 aromatic heterocycles. The number of anilines is 1. The first-order valence-corrected chi connectivity index (χ1v) is 8.06. The molecule has 1 aromatic rings. The van der Waals surface area contributed by atoms with Crippen molar-refractivity contribution >= 4 is 17.5 Å². The summed E-state index contributed by atoms with van der Waals surface area (Å²) in [5.41, 5.74) is 2.25. The Balaban J connectivity index is 2.10. The predicted molar refractivity (Wildman–Crippen MR) is 88.9 cm³/mol. The minimum Gasteiger partial charge on any atom is -0.349 e. The molecule has 0 unspecified atom stereocenters. The quantitative estimate of drug-likeness (QED) is 0.897. The molecule has 0 saturated heterocycles. The van der Waals surface area contributed by atoms with Crippen molar-refractivity contribution in [2.75, 3.05) is 5.32 Å². The molecule has 4 nitrogen and oxygen atoms in total. The second-order valence-electron chi connectivity index (χ2n) is 6.69. The standard InChI is InChI=1S/C18H26N2O2/c1-11-5-6-12(2)16(9-11)20-18(22)15-8-7-13(3)17(10-15)19-14(4)21/h7-8,10-12,16H,5-6,9H2,1-4H3,(H,19,21)(H,20,22)/t11-,12-,16+/m0/s1. The van der Waals surface area contributed by atoms with Gasteiger partial charge >= 0.3 is 0 Å². The molecule has 1 aliphatic rings. The molecule has 2 rings (SSSR count). The van der Waals surface area contributed by atoms with Gasteiger partial charge in [0.1, 0.15) is 0 Å². The van der Waals surface area contributed by atoms with Gasteiger partial charge in [0, 0.05) is 24.2 Å². The summed E-state index contributed by atoms with van der Waals surface area (Å²) in [6, 6.07) is 5.67. The summed E-state index contributed by atoms with van der Waals surface area (Å²) in [7, 11) is 0. The lowest BCUT2D eigenvalue weighted by Crippen LogP contribution is -2.42. The van der Waals surface area contributed by atoms with E-state index in [1.807, 2.05) is 19.1 Å². The lowest BCUT2D eigenvalue weighted by molar-refractivity contribution is -0.114. The van der Waals surface area contributed by atoms with Crippen LogP contribution in [0.5, 0.6) is 0 Å². The first-order chi connectivity index (χ1) is 10.4. The normalized spacial score (nSPS) is 24.6. The second-order valence-corrected chi connectivity index (χ2v) is 6.69. The maximum Gasteiger partial charge on any atom is 0.251 e. The van der Waals surface area contributed by atoms with Crippen LogP contribution in [0.1, 0.15) is 56.0 Å². The van der Waals surface area contributed by atoms with E-state index in [4.69, 9.17) is 0 Å². The second kappa shape index (κ2) is 6.95. The molecular formula is C18H26N2O2. The third kappa shape index (κ3) is 4.09. The average Bonchev–Trinajstić information content (AvgIpc) is 2.44. The Bertz CT molecular complexity index is 568. The number of aryl methyl sites for hydroxylation is 1. The number of nitrogens with one attached hydrogen (secondary N) is 2. The third-order valence-electron chi connectivity index (χ3n) is 4.58. The van der Waals surface area contributed by atoms with Crippen molar-refractivity contribution in [3.63, 3.8) is 0 Å². The lowest BCUT2D eigenvalue weighted by atomic mass is 9.80. The molecule has 1 saturated carbocycles. The van der Waals surface area contributed by atoms with Crippen molar-refractivity contribution in [2.45, 2.75) is 53.0 Å². The number of benzene rings is 1. The minimum atomic E-state index is -0.129. The summed E-state index contributed by atoms with van der Waals surface area (Å²) in [5, 5.41) is 5.93. The Hall–Kier alpha value is -1.84. The Kier molecular flexibility index (Phi) is 5.22. The van der Waals surface area contributed by atoms with E-state index in [0.717, 1.165) is 18.4 Å². The van der Waals surface area contributed by atoms with E-state index >= 15 is 0 Å². The molecule has 2 N–H and O–H groups in total. The zero-order valence-corrected chi connectivity index (χ0v) is 13.9. The number of rotatable bonds is 3. The molecule has 22 heavy (non-hydrogen) atoms. The van der Waals surface area contributed by atoms with Gasteiger partial charge in [0.2, 0.25) is 5.91 Å². The first-order valence-electron chi connectivity index (χ1n) is 8.06. The van der Waals surface area contributed by atoms with Gasteiger partial charge < -0.3 is 10.6 Å². The molecule has 1 aromatic carbocycles. The topological polar surface area (TPSA) is 58.2 Å². The molecule has 120 valence electrons. The molecule has 3 atom stereocenters. The summed E-state index contributed by atoms with van der Waals surface area (Å²) in [6.07, 6.45) is 3.44. The van der Waals surface area contributed by atoms with Gasteiger partial charge in [-0.05, 0) is 49.3 Å². The Labute approximate surface area is 132 Å². The zero-order chi connectivity index (χ0) is 16.3. The van der Waals surface area contributed by atoms with E-state index < -0.39 is 0 Å². The highest BCUT2D eigenvalue weighted by atomic mass is 16.2.